The van der Waals surface area contributed by atoms with Gasteiger partial charge in [-0.1, -0.05) is 123 Å². The summed E-state index contributed by atoms with van der Waals surface area (Å²) in [6.07, 6.45) is 0. The lowest BCUT2D eigenvalue weighted by atomic mass is 9.82. The van der Waals surface area contributed by atoms with Crippen LogP contribution in [0.2, 0.25) is 0 Å². The zero-order valence-electron chi connectivity index (χ0n) is 32.1. The predicted molar refractivity (Wildman–Crippen MR) is 170 cm³/mol. The van der Waals surface area contributed by atoms with E-state index < -0.39 is 60.4 Å². The smallest absolute Gasteiger partial charge is 0.0629 e. The Kier molecular flexibility index (Phi) is 3.79. The molecule has 0 amide bonds. The maximum atomic E-state index is 8.78. The molecule has 0 aliphatic heterocycles. The number of rotatable bonds is 5. The molecule has 0 N–H and O–H groups in total. The van der Waals surface area contributed by atoms with Crippen LogP contribution >= 0.6 is 0 Å². The van der Waals surface area contributed by atoms with Gasteiger partial charge in [0, 0.05) is 22.5 Å². The van der Waals surface area contributed by atoms with Crippen LogP contribution in [0, 0.1) is 0 Å². The molecule has 0 atom stereocenters. The van der Waals surface area contributed by atoms with Crippen LogP contribution in [0.3, 0.4) is 0 Å². The van der Waals surface area contributed by atoms with E-state index >= 15 is 0 Å². The number of benzene rings is 6. The molecule has 0 spiro atoms. The first-order valence-corrected chi connectivity index (χ1v) is 13.1. The van der Waals surface area contributed by atoms with Crippen molar-refractivity contribution in [3.8, 4) is 33.4 Å². The van der Waals surface area contributed by atoms with E-state index in [0.717, 1.165) is 28.1 Å². The summed E-state index contributed by atoms with van der Waals surface area (Å²) in [4.78, 5) is 1.97. The molecule has 0 saturated heterocycles. The van der Waals surface area contributed by atoms with E-state index in [4.69, 9.17) is 13.7 Å². The Morgan fingerprint density at radius 3 is 1.70 bits per heavy atom. The molecule has 1 heteroatoms. The summed E-state index contributed by atoms with van der Waals surface area (Å²) in [5.74, 6) is 0. The van der Waals surface area contributed by atoms with Crippen molar-refractivity contribution in [2.45, 2.75) is 19.3 Å². The molecule has 1 aliphatic rings. The van der Waals surface area contributed by atoms with Crippen LogP contribution in [0.15, 0.2) is 151 Å². The molecular formula is C39H31N. The second-order valence-electron chi connectivity index (χ2n) is 10.3. The first kappa shape index (κ1) is 15.6. The average molecular weight is 524 g/mol. The Morgan fingerprint density at radius 2 is 1.05 bits per heavy atom. The van der Waals surface area contributed by atoms with Gasteiger partial charge in [-0.2, -0.15) is 0 Å². The summed E-state index contributed by atoms with van der Waals surface area (Å²) in [7, 11) is 0. The minimum atomic E-state index is -0.529. The molecule has 1 nitrogen and oxygen atoms in total. The molecule has 6 aromatic carbocycles. The second kappa shape index (κ2) is 9.70. The van der Waals surface area contributed by atoms with Crippen molar-refractivity contribution in [1.82, 2.24) is 0 Å². The van der Waals surface area contributed by atoms with Gasteiger partial charge in [0.1, 0.15) is 0 Å². The first-order chi connectivity index (χ1) is 23.7. The molecule has 1 aliphatic carbocycles. The third-order valence-corrected chi connectivity index (χ3v) is 7.59. The van der Waals surface area contributed by atoms with Crippen LogP contribution in [-0.4, -0.2) is 0 Å². The van der Waals surface area contributed by atoms with Gasteiger partial charge in [0.2, 0.25) is 0 Å². The molecule has 7 rings (SSSR count). The molecule has 192 valence electrons. The second-order valence-corrected chi connectivity index (χ2v) is 10.3. The van der Waals surface area contributed by atoms with Gasteiger partial charge in [0.25, 0.3) is 0 Å². The van der Waals surface area contributed by atoms with Crippen LogP contribution in [0.4, 0.5) is 17.1 Å². The Bertz CT molecular complexity index is 2220. The number of fused-ring (bicyclic) bond motifs is 3. The summed E-state index contributed by atoms with van der Waals surface area (Å²) < 4.78 is 84.9. The van der Waals surface area contributed by atoms with Gasteiger partial charge in [0.15, 0.2) is 0 Å². The van der Waals surface area contributed by atoms with Crippen LogP contribution in [0.5, 0.6) is 0 Å². The van der Waals surface area contributed by atoms with Gasteiger partial charge in [-0.05, 0) is 87.0 Å². The Balaban J connectivity index is 1.56. The van der Waals surface area contributed by atoms with E-state index in [2.05, 4.69) is 38.1 Å². The van der Waals surface area contributed by atoms with Gasteiger partial charge in [-0.3, -0.25) is 0 Å². The van der Waals surface area contributed by atoms with Crippen molar-refractivity contribution in [3.05, 3.63) is 163 Å². The van der Waals surface area contributed by atoms with E-state index in [1.165, 1.54) is 11.6 Å². The molecule has 0 fully saturated rings. The Morgan fingerprint density at radius 1 is 0.475 bits per heavy atom. The SMILES string of the molecule is [2H]c1c([2H])c([2H])c(-c2cc(-c3c([2H])c([2H])c([2H])c([2H])c3[2H])cc(N(c3ccccc3)c3ccc4c(c3)C(C)(C)c3ccccc3-4)c2)c([2H])c1[2H]. The summed E-state index contributed by atoms with van der Waals surface area (Å²) in [5, 5.41) is 0. The van der Waals surface area contributed by atoms with Crippen LogP contribution in [0.25, 0.3) is 33.4 Å². The van der Waals surface area contributed by atoms with Gasteiger partial charge in [0.05, 0.1) is 13.7 Å². The molecule has 0 bridgehead atoms. The van der Waals surface area contributed by atoms with Gasteiger partial charge in [-0.15, -0.1) is 0 Å². The fraction of sp³-hybridized carbons (Fsp3) is 0.0769. The molecule has 0 heterocycles. The summed E-state index contributed by atoms with van der Waals surface area (Å²) >= 11 is 0. The van der Waals surface area contributed by atoms with E-state index in [1.807, 2.05) is 53.4 Å². The third kappa shape index (κ3) is 4.12. The molecular weight excluding hydrogens is 482 g/mol. The quantitative estimate of drug-likeness (QED) is 0.217. The van der Waals surface area contributed by atoms with Crippen LogP contribution < -0.4 is 4.90 Å². The summed E-state index contributed by atoms with van der Waals surface area (Å²) in [6, 6.07) is 24.3. The third-order valence-electron chi connectivity index (χ3n) is 7.59. The standard InChI is InChI=1S/C39H31N/c1-39(2)37-21-13-12-20-35(37)36-23-22-33(27-38(36)39)40(32-18-10-5-11-19-32)34-25-30(28-14-6-3-7-15-28)24-31(26-34)29-16-8-4-9-17-29/h3-27H,1-2H3/i3D,4D,6D,7D,8D,9D,14D,15D,16D,17D. The number of anilines is 3. The van der Waals surface area contributed by atoms with Gasteiger partial charge >= 0.3 is 0 Å². The van der Waals surface area contributed by atoms with E-state index in [0.29, 0.717) is 5.69 Å². The predicted octanol–water partition coefficient (Wildman–Crippen LogP) is 10.8. The largest absolute Gasteiger partial charge is 0.310 e. The van der Waals surface area contributed by atoms with Crippen molar-refractivity contribution in [1.29, 1.82) is 0 Å². The van der Waals surface area contributed by atoms with Crippen LogP contribution in [0.1, 0.15) is 38.7 Å². The summed E-state index contributed by atoms with van der Waals surface area (Å²) in [6.45, 7) is 4.37. The highest BCUT2D eigenvalue weighted by Gasteiger charge is 2.35. The lowest BCUT2D eigenvalue weighted by molar-refractivity contribution is 0.660. The fourth-order valence-corrected chi connectivity index (χ4v) is 5.67. The van der Waals surface area contributed by atoms with Crippen molar-refractivity contribution < 1.29 is 13.7 Å². The molecule has 0 unspecified atom stereocenters. The minimum absolute atomic E-state index is 0.0648. The van der Waals surface area contributed by atoms with Crippen molar-refractivity contribution in [2.75, 3.05) is 4.90 Å². The maximum absolute atomic E-state index is 8.78. The zero-order valence-corrected chi connectivity index (χ0v) is 22.1. The number of para-hydroxylation sites is 1. The first-order valence-electron chi connectivity index (χ1n) is 18.1. The van der Waals surface area contributed by atoms with E-state index in [-0.39, 0.29) is 27.7 Å². The summed E-state index contributed by atoms with van der Waals surface area (Å²) in [5.41, 5.74) is 6.67. The lowest BCUT2D eigenvalue weighted by Crippen LogP contribution is -2.16. The Labute approximate surface area is 251 Å². The maximum Gasteiger partial charge on any atom is 0.0629 e. The average Bonchev–Trinajstić information content (AvgIpc) is 3.34. The van der Waals surface area contributed by atoms with Crippen LogP contribution in [-0.2, 0) is 5.41 Å². The highest BCUT2D eigenvalue weighted by atomic mass is 15.1. The highest BCUT2D eigenvalue weighted by Crippen LogP contribution is 2.50. The van der Waals surface area contributed by atoms with Crippen molar-refractivity contribution in [3.63, 3.8) is 0 Å². The molecule has 0 aromatic heterocycles. The van der Waals surface area contributed by atoms with Crippen molar-refractivity contribution in [2.24, 2.45) is 0 Å². The number of hydrogen-bond acceptors (Lipinski definition) is 1. The van der Waals surface area contributed by atoms with Crippen molar-refractivity contribution >= 4 is 17.1 Å². The van der Waals surface area contributed by atoms with E-state index in [9.17, 15) is 0 Å². The lowest BCUT2D eigenvalue weighted by Gasteiger charge is -2.29. The van der Waals surface area contributed by atoms with Gasteiger partial charge in [-0.25, -0.2) is 0 Å². The molecule has 6 aromatic rings. The number of hydrogen-bond donors (Lipinski definition) is 0. The van der Waals surface area contributed by atoms with E-state index in [1.54, 1.807) is 12.1 Å². The molecule has 40 heavy (non-hydrogen) atoms. The topological polar surface area (TPSA) is 3.24 Å². The molecule has 0 radical (unpaired) electrons. The normalized spacial score (nSPS) is 16.4. The molecule has 0 saturated carbocycles. The Hall–Kier alpha value is -4.88. The highest BCUT2D eigenvalue weighted by molar-refractivity contribution is 5.88. The minimum Gasteiger partial charge on any atom is -0.310 e. The zero-order chi connectivity index (χ0) is 35.8. The van der Waals surface area contributed by atoms with Gasteiger partial charge < -0.3 is 4.90 Å². The fourth-order valence-electron chi connectivity index (χ4n) is 5.67. The monoisotopic (exact) mass is 523 g/mol. The number of nitrogens with zero attached hydrogens (tertiary/aromatic N) is 1.